The van der Waals surface area contributed by atoms with Crippen molar-refractivity contribution in [1.29, 1.82) is 0 Å². The molecule has 0 aromatic rings. The van der Waals surface area contributed by atoms with Crippen molar-refractivity contribution in [2.24, 2.45) is 0 Å². The molecular formula is C5H6Cl3O2-. The quantitative estimate of drug-likeness (QED) is 0.477. The van der Waals surface area contributed by atoms with E-state index >= 15 is 0 Å². The molecule has 0 aromatic heterocycles. The van der Waals surface area contributed by atoms with E-state index in [0.717, 1.165) is 0 Å². The second kappa shape index (κ2) is 7.19. The van der Waals surface area contributed by atoms with Gasteiger partial charge in [0.25, 0.3) is 0 Å². The molecule has 0 heterocycles. The molecule has 0 aliphatic rings. The Morgan fingerprint density at radius 2 is 1.60 bits per heavy atom. The fraction of sp³-hybridized carbons (Fsp3) is 0.400. The zero-order valence-corrected chi connectivity index (χ0v) is 7.50. The molecule has 60 valence electrons. The zero-order valence-electron chi connectivity index (χ0n) is 5.23. The molecule has 0 aromatic carbocycles. The number of rotatable bonds is 1. The minimum atomic E-state index is -1.19. The number of alkyl halides is 3. The Morgan fingerprint density at radius 3 is 1.60 bits per heavy atom. The van der Waals surface area contributed by atoms with Gasteiger partial charge in [-0.3, -0.25) is 0 Å². The van der Waals surface area contributed by atoms with E-state index in [1.165, 1.54) is 6.92 Å². The second-order valence-electron chi connectivity index (χ2n) is 1.32. The van der Waals surface area contributed by atoms with Crippen LogP contribution in [0.25, 0.3) is 0 Å². The predicted octanol–water partition coefficient (Wildman–Crippen LogP) is 1.30. The van der Waals surface area contributed by atoms with Crippen molar-refractivity contribution in [3.8, 4) is 0 Å². The van der Waals surface area contributed by atoms with Gasteiger partial charge in [0.05, 0.1) is 5.97 Å². The van der Waals surface area contributed by atoms with Gasteiger partial charge in [0.1, 0.15) is 0 Å². The van der Waals surface area contributed by atoms with Crippen LogP contribution in [-0.2, 0) is 4.79 Å². The van der Waals surface area contributed by atoms with Crippen LogP contribution >= 0.6 is 34.8 Å². The van der Waals surface area contributed by atoms with E-state index in [0.29, 0.717) is 0 Å². The van der Waals surface area contributed by atoms with Crippen LogP contribution in [-0.4, -0.2) is 10.3 Å². The van der Waals surface area contributed by atoms with Crippen LogP contribution in [0.2, 0.25) is 0 Å². The number of aliphatic carboxylic acids is 1. The van der Waals surface area contributed by atoms with Crippen LogP contribution in [0.5, 0.6) is 0 Å². The molecule has 0 spiro atoms. The third-order valence-electron chi connectivity index (χ3n) is 0.348. The van der Waals surface area contributed by atoms with Gasteiger partial charge in [-0.2, -0.15) is 0 Å². The first-order valence-corrected chi connectivity index (χ1v) is 3.48. The van der Waals surface area contributed by atoms with Gasteiger partial charge in [-0.15, -0.1) is 0 Å². The number of hydrogen-bond acceptors (Lipinski definition) is 2. The van der Waals surface area contributed by atoms with Crippen molar-refractivity contribution in [1.82, 2.24) is 0 Å². The van der Waals surface area contributed by atoms with Crippen molar-refractivity contribution in [2.75, 3.05) is 0 Å². The summed E-state index contributed by atoms with van der Waals surface area (Å²) in [6.45, 7) is 4.48. The fourth-order valence-corrected chi connectivity index (χ4v) is 0. The first-order chi connectivity index (χ1) is 4.37. The summed E-state index contributed by atoms with van der Waals surface area (Å²) in [4.78, 5) is 9.49. The Balaban J connectivity index is 0. The van der Waals surface area contributed by atoms with E-state index in [-0.39, 0.29) is 5.57 Å². The monoisotopic (exact) mass is 203 g/mol. The highest BCUT2D eigenvalue weighted by Gasteiger charge is 1.79. The van der Waals surface area contributed by atoms with Crippen molar-refractivity contribution in [3.63, 3.8) is 0 Å². The Morgan fingerprint density at radius 1 is 1.50 bits per heavy atom. The molecule has 5 heteroatoms. The molecular weight excluding hydrogens is 198 g/mol. The third-order valence-corrected chi connectivity index (χ3v) is 0.348. The lowest BCUT2D eigenvalue weighted by Crippen LogP contribution is -2.22. The van der Waals surface area contributed by atoms with Crippen LogP contribution in [0.1, 0.15) is 6.92 Å². The van der Waals surface area contributed by atoms with Crippen LogP contribution in [0.15, 0.2) is 12.2 Å². The number of carboxylic acids is 1. The molecule has 0 rings (SSSR count). The van der Waals surface area contributed by atoms with Crippen molar-refractivity contribution in [2.45, 2.75) is 11.2 Å². The van der Waals surface area contributed by atoms with Crippen molar-refractivity contribution >= 4 is 40.8 Å². The molecule has 0 aliphatic carbocycles. The average Bonchev–Trinajstić information content (AvgIpc) is 1.63. The first-order valence-electron chi connectivity index (χ1n) is 2.17. The summed E-state index contributed by atoms with van der Waals surface area (Å²) < 4.78 is -0.750. The maximum atomic E-state index is 9.49. The molecule has 0 N–H and O–H groups in total. The van der Waals surface area contributed by atoms with Crippen LogP contribution in [0.4, 0.5) is 0 Å². The van der Waals surface area contributed by atoms with Gasteiger partial charge < -0.3 is 9.90 Å². The molecule has 0 saturated carbocycles. The smallest absolute Gasteiger partial charge is 0.180 e. The number of halogens is 3. The minimum Gasteiger partial charge on any atom is -0.545 e. The van der Waals surface area contributed by atoms with Gasteiger partial charge in [-0.05, 0) is 12.5 Å². The summed E-state index contributed by atoms with van der Waals surface area (Å²) in [5, 5.41) is 9.49. The highest BCUT2D eigenvalue weighted by molar-refractivity contribution is 6.63. The molecule has 0 unspecified atom stereocenters. The molecule has 0 radical (unpaired) electrons. The molecule has 0 amide bonds. The number of carbonyl (C=O) groups excluding carboxylic acids is 1. The van der Waals surface area contributed by atoms with Crippen molar-refractivity contribution < 1.29 is 9.90 Å². The Labute approximate surface area is 74.4 Å². The Kier molecular flexibility index (Phi) is 9.15. The summed E-state index contributed by atoms with van der Waals surface area (Å²) >= 11 is 14.4. The largest absolute Gasteiger partial charge is 0.545 e. The van der Waals surface area contributed by atoms with E-state index in [9.17, 15) is 9.90 Å². The van der Waals surface area contributed by atoms with Gasteiger partial charge in [-0.25, -0.2) is 0 Å². The molecule has 2 nitrogen and oxygen atoms in total. The third kappa shape index (κ3) is 24.3. The maximum Gasteiger partial charge on any atom is 0.180 e. The Hall–Kier alpha value is 0.0800. The van der Waals surface area contributed by atoms with E-state index in [2.05, 4.69) is 6.58 Å². The lowest BCUT2D eigenvalue weighted by Gasteiger charge is -1.93. The highest BCUT2D eigenvalue weighted by Crippen LogP contribution is 2.03. The van der Waals surface area contributed by atoms with Gasteiger partial charge in [0.2, 0.25) is 0 Å². The van der Waals surface area contributed by atoms with E-state index in [1.807, 2.05) is 0 Å². The van der Waals surface area contributed by atoms with Crippen LogP contribution in [0, 0.1) is 0 Å². The topological polar surface area (TPSA) is 40.1 Å². The molecule has 0 fully saturated rings. The first kappa shape index (κ1) is 12.7. The number of carboxylic acid groups (broad SMARTS) is 1. The summed E-state index contributed by atoms with van der Waals surface area (Å²) in [5.74, 6) is -1.19. The Bertz CT molecular complexity index is 107. The SMILES string of the molecule is C=C(C)C(=O)[O-].ClC(Cl)Cl. The van der Waals surface area contributed by atoms with E-state index in [4.69, 9.17) is 34.8 Å². The molecule has 0 saturated heterocycles. The highest BCUT2D eigenvalue weighted by atomic mass is 35.6. The summed E-state index contributed by atoms with van der Waals surface area (Å²) in [7, 11) is 0. The lowest BCUT2D eigenvalue weighted by molar-refractivity contribution is -0.299. The average molecular weight is 204 g/mol. The minimum absolute atomic E-state index is 0.0648. The second-order valence-corrected chi connectivity index (χ2v) is 3.29. The van der Waals surface area contributed by atoms with E-state index in [1.54, 1.807) is 0 Å². The molecule has 0 atom stereocenters. The standard InChI is InChI=1S/C4H6O2.CHCl3/c1-3(2)4(5)6;2-1(3)4/h1H2,2H3,(H,5,6);1H/p-1. The summed E-state index contributed by atoms with van der Waals surface area (Å²) in [6.07, 6.45) is 0. The molecule has 0 aliphatic heterocycles. The number of carbonyl (C=O) groups is 1. The van der Waals surface area contributed by atoms with Gasteiger partial charge in [-0.1, -0.05) is 41.4 Å². The van der Waals surface area contributed by atoms with Gasteiger partial charge in [0, 0.05) is 0 Å². The van der Waals surface area contributed by atoms with Crippen LogP contribution in [0.3, 0.4) is 0 Å². The fourth-order valence-electron chi connectivity index (χ4n) is 0. The molecule has 10 heavy (non-hydrogen) atoms. The molecule has 0 bridgehead atoms. The maximum absolute atomic E-state index is 9.49. The normalized spacial score (nSPS) is 8.10. The summed E-state index contributed by atoms with van der Waals surface area (Å²) in [5.41, 5.74) is 0.0648. The van der Waals surface area contributed by atoms with Gasteiger partial charge >= 0.3 is 0 Å². The predicted molar refractivity (Wildman–Crippen MR) is 41.2 cm³/mol. The number of hydrogen-bond donors (Lipinski definition) is 0. The summed E-state index contributed by atoms with van der Waals surface area (Å²) in [6, 6.07) is 0. The van der Waals surface area contributed by atoms with Gasteiger partial charge in [0.15, 0.2) is 4.30 Å². The lowest BCUT2D eigenvalue weighted by atomic mass is 10.4. The zero-order chi connectivity index (χ0) is 8.73. The van der Waals surface area contributed by atoms with Crippen molar-refractivity contribution in [3.05, 3.63) is 12.2 Å². The van der Waals surface area contributed by atoms with E-state index < -0.39 is 10.3 Å². The van der Waals surface area contributed by atoms with Crippen LogP contribution < -0.4 is 5.11 Å².